The maximum Gasteiger partial charge on any atom is 0.256 e. The van der Waals surface area contributed by atoms with E-state index in [9.17, 15) is 4.79 Å². The van der Waals surface area contributed by atoms with Gasteiger partial charge < -0.3 is 14.6 Å². The fourth-order valence-electron chi connectivity index (χ4n) is 2.48. The van der Waals surface area contributed by atoms with E-state index in [1.165, 1.54) is 18.9 Å². The number of nitrogens with one attached hydrogen (secondary N) is 1. The first-order valence-corrected chi connectivity index (χ1v) is 9.13. The molecule has 6 nitrogen and oxygen atoms in total. The van der Waals surface area contributed by atoms with E-state index in [1.54, 1.807) is 30.3 Å². The smallest absolute Gasteiger partial charge is 0.256 e. The third kappa shape index (κ3) is 4.49. The van der Waals surface area contributed by atoms with Crippen LogP contribution in [0.2, 0.25) is 0 Å². The zero-order chi connectivity index (χ0) is 19.2. The Bertz CT molecular complexity index is 1010. The molecule has 7 heteroatoms. The summed E-state index contributed by atoms with van der Waals surface area (Å²) in [6.45, 7) is 1.86. The summed E-state index contributed by atoms with van der Waals surface area (Å²) in [5.74, 6) is 1.53. The quantitative estimate of drug-likeness (QED) is 0.638. The molecular weight excluding hydrogens is 362 g/mol. The first kappa shape index (κ1) is 18.5. The van der Waals surface area contributed by atoms with E-state index in [2.05, 4.69) is 16.5 Å². The van der Waals surface area contributed by atoms with E-state index in [1.807, 2.05) is 25.1 Å². The highest BCUT2D eigenvalue weighted by molar-refractivity contribution is 7.98. The fraction of sp³-hybridized carbons (Fsp3) is 0.150. The molecule has 3 aromatic rings. The average Bonchev–Trinajstić information content (AvgIpc) is 3.11. The second-order valence-electron chi connectivity index (χ2n) is 5.70. The van der Waals surface area contributed by atoms with Crippen molar-refractivity contribution in [2.75, 3.05) is 12.4 Å². The molecule has 1 heterocycles. The molecule has 1 amide bonds. The van der Waals surface area contributed by atoms with Crippen LogP contribution in [0.4, 0.5) is 5.69 Å². The van der Waals surface area contributed by atoms with Crippen molar-refractivity contribution in [2.24, 2.45) is 0 Å². The van der Waals surface area contributed by atoms with Gasteiger partial charge in [0.2, 0.25) is 0 Å². The number of ether oxygens (including phenoxy) is 1. The summed E-state index contributed by atoms with van der Waals surface area (Å²) in [7, 11) is 1.51. The van der Waals surface area contributed by atoms with Crippen LogP contribution >= 0.6 is 11.8 Å². The highest BCUT2D eigenvalue weighted by Crippen LogP contribution is 2.29. The molecule has 1 N–H and O–H groups in total. The molecule has 0 spiro atoms. The third-order valence-electron chi connectivity index (χ3n) is 3.76. The summed E-state index contributed by atoms with van der Waals surface area (Å²) in [6, 6.07) is 16.1. The second kappa shape index (κ2) is 8.43. The Labute approximate surface area is 161 Å². The summed E-state index contributed by atoms with van der Waals surface area (Å²) in [5, 5.41) is 15.8. The molecule has 0 radical (unpaired) electrons. The molecule has 0 saturated heterocycles. The number of amides is 1. The van der Waals surface area contributed by atoms with Crippen molar-refractivity contribution in [3.63, 3.8) is 0 Å². The Morgan fingerprint density at radius 1 is 1.30 bits per heavy atom. The van der Waals surface area contributed by atoms with E-state index in [-0.39, 0.29) is 5.91 Å². The van der Waals surface area contributed by atoms with Gasteiger partial charge >= 0.3 is 0 Å². The van der Waals surface area contributed by atoms with Gasteiger partial charge in [0.1, 0.15) is 11.5 Å². The van der Waals surface area contributed by atoms with Crippen molar-refractivity contribution in [1.82, 2.24) is 5.16 Å². The first-order chi connectivity index (χ1) is 13.1. The number of benzene rings is 2. The lowest BCUT2D eigenvalue weighted by molar-refractivity contribution is 0.102. The predicted molar refractivity (Wildman–Crippen MR) is 103 cm³/mol. The molecule has 0 unspecified atom stereocenters. The van der Waals surface area contributed by atoms with Gasteiger partial charge in [0.15, 0.2) is 0 Å². The van der Waals surface area contributed by atoms with E-state index in [0.717, 1.165) is 16.3 Å². The number of aromatic nitrogens is 1. The molecule has 0 saturated carbocycles. The zero-order valence-corrected chi connectivity index (χ0v) is 15.7. The number of nitriles is 1. The van der Waals surface area contributed by atoms with Crippen LogP contribution in [-0.2, 0) is 5.75 Å². The molecule has 0 bridgehead atoms. The van der Waals surface area contributed by atoms with Gasteiger partial charge in [0.25, 0.3) is 5.91 Å². The highest BCUT2D eigenvalue weighted by atomic mass is 32.2. The second-order valence-corrected chi connectivity index (χ2v) is 6.72. The van der Waals surface area contributed by atoms with Crippen LogP contribution < -0.4 is 10.1 Å². The van der Waals surface area contributed by atoms with Gasteiger partial charge in [-0.25, -0.2) is 0 Å². The van der Waals surface area contributed by atoms with Crippen LogP contribution in [0.25, 0.3) is 0 Å². The van der Waals surface area contributed by atoms with Crippen LogP contribution in [0.5, 0.6) is 5.75 Å². The van der Waals surface area contributed by atoms with Crippen molar-refractivity contribution in [3.8, 4) is 11.8 Å². The average molecular weight is 379 g/mol. The Kier molecular flexibility index (Phi) is 5.79. The number of aryl methyl sites for hydroxylation is 1. The van der Waals surface area contributed by atoms with Gasteiger partial charge in [-0.2, -0.15) is 5.26 Å². The van der Waals surface area contributed by atoms with Gasteiger partial charge in [0.05, 0.1) is 41.4 Å². The van der Waals surface area contributed by atoms with Gasteiger partial charge in [-0.05, 0) is 37.3 Å². The van der Waals surface area contributed by atoms with Crippen LogP contribution in [0.3, 0.4) is 0 Å². The number of hydrogen-bond donors (Lipinski definition) is 1. The van der Waals surface area contributed by atoms with Crippen molar-refractivity contribution < 1.29 is 14.1 Å². The minimum atomic E-state index is -0.278. The normalized spacial score (nSPS) is 10.3. The number of nitrogens with zero attached hydrogens (tertiary/aromatic N) is 2. The molecule has 136 valence electrons. The number of thioether (sulfide) groups is 1. The molecule has 0 atom stereocenters. The number of hydrogen-bond acceptors (Lipinski definition) is 6. The van der Waals surface area contributed by atoms with Gasteiger partial charge in [0, 0.05) is 11.0 Å². The fourth-order valence-corrected chi connectivity index (χ4v) is 3.40. The first-order valence-electron chi connectivity index (χ1n) is 8.14. The number of rotatable bonds is 6. The van der Waals surface area contributed by atoms with Crippen molar-refractivity contribution in [2.45, 2.75) is 17.6 Å². The van der Waals surface area contributed by atoms with Gasteiger partial charge in [-0.3, -0.25) is 4.79 Å². The maximum atomic E-state index is 12.8. The Balaban J connectivity index is 1.80. The summed E-state index contributed by atoms with van der Waals surface area (Å²) >= 11 is 1.49. The molecule has 3 rings (SSSR count). The van der Waals surface area contributed by atoms with Gasteiger partial charge in [-0.1, -0.05) is 17.3 Å². The summed E-state index contributed by atoms with van der Waals surface area (Å²) in [6.07, 6.45) is 0. The molecule has 0 fully saturated rings. The molecule has 1 aromatic heterocycles. The molecule has 27 heavy (non-hydrogen) atoms. The van der Waals surface area contributed by atoms with E-state index >= 15 is 0 Å². The third-order valence-corrected chi connectivity index (χ3v) is 4.85. The SMILES string of the molecule is COc1ccc(C#N)cc1NC(=O)c1ccccc1SCc1cc(C)no1. The largest absolute Gasteiger partial charge is 0.495 e. The van der Waals surface area contributed by atoms with E-state index in [0.29, 0.717) is 28.3 Å². The molecule has 0 aliphatic heterocycles. The minimum Gasteiger partial charge on any atom is -0.495 e. The molecule has 0 aliphatic carbocycles. The number of carbonyl (C=O) groups is 1. The lowest BCUT2D eigenvalue weighted by Gasteiger charge is -2.12. The molecular formula is C20H17N3O3S. The molecule has 2 aromatic carbocycles. The topological polar surface area (TPSA) is 88.1 Å². The van der Waals surface area contributed by atoms with Crippen LogP contribution in [-0.4, -0.2) is 18.2 Å². The maximum absolute atomic E-state index is 12.8. The highest BCUT2D eigenvalue weighted by Gasteiger charge is 2.15. The predicted octanol–water partition coefficient (Wildman–Crippen LogP) is 4.41. The monoisotopic (exact) mass is 379 g/mol. The van der Waals surface area contributed by atoms with E-state index in [4.69, 9.17) is 14.5 Å². The zero-order valence-electron chi connectivity index (χ0n) is 14.9. The summed E-state index contributed by atoms with van der Waals surface area (Å²) in [5.41, 5.74) is 2.24. The lowest BCUT2D eigenvalue weighted by atomic mass is 10.1. The summed E-state index contributed by atoms with van der Waals surface area (Å²) < 4.78 is 10.5. The van der Waals surface area contributed by atoms with E-state index < -0.39 is 0 Å². The Hall–Kier alpha value is -3.24. The number of methoxy groups -OCH3 is 1. The minimum absolute atomic E-state index is 0.278. The van der Waals surface area contributed by atoms with Crippen LogP contribution in [0, 0.1) is 18.3 Å². The lowest BCUT2D eigenvalue weighted by Crippen LogP contribution is -2.14. The Morgan fingerprint density at radius 3 is 2.81 bits per heavy atom. The van der Waals surface area contributed by atoms with Crippen molar-refractivity contribution in [1.29, 1.82) is 5.26 Å². The number of anilines is 1. The standard InChI is InChI=1S/C20H17N3O3S/c1-13-9-15(26-23-13)12-27-19-6-4-3-5-16(19)20(24)22-17-10-14(11-21)7-8-18(17)25-2/h3-10H,12H2,1-2H3,(H,22,24). The van der Waals surface area contributed by atoms with Crippen molar-refractivity contribution in [3.05, 3.63) is 71.1 Å². The van der Waals surface area contributed by atoms with Crippen LogP contribution in [0.1, 0.15) is 27.4 Å². The van der Waals surface area contributed by atoms with Crippen molar-refractivity contribution >= 4 is 23.4 Å². The summed E-state index contributed by atoms with van der Waals surface area (Å²) in [4.78, 5) is 13.6. The van der Waals surface area contributed by atoms with Crippen LogP contribution in [0.15, 0.2) is 57.9 Å². The molecule has 0 aliphatic rings. The van der Waals surface area contributed by atoms with Gasteiger partial charge in [-0.15, -0.1) is 11.8 Å². The Morgan fingerprint density at radius 2 is 2.11 bits per heavy atom. The number of carbonyl (C=O) groups excluding carboxylic acids is 1.